The lowest BCUT2D eigenvalue weighted by Gasteiger charge is -2.24. The second-order valence-corrected chi connectivity index (χ2v) is 10.9. The minimum Gasteiger partial charge on any atom is -0.355 e. The smallest absolute Gasteiger partial charge is 0.0464 e. The van der Waals surface area contributed by atoms with E-state index in [4.69, 9.17) is 0 Å². The Morgan fingerprint density at radius 1 is 0.886 bits per heavy atom. The number of fused-ring (bicyclic) bond motifs is 2. The fraction of sp³-hybridized carbons (Fsp3) is 0.353. The van der Waals surface area contributed by atoms with Crippen LogP contribution in [0.25, 0.3) is 27.6 Å². The summed E-state index contributed by atoms with van der Waals surface area (Å²) in [7, 11) is 0. The third-order valence-electron chi connectivity index (χ3n) is 8.59. The minimum atomic E-state index is 0.654. The molecule has 0 amide bonds. The van der Waals surface area contributed by atoms with Gasteiger partial charge in [-0.2, -0.15) is 0 Å². The molecule has 1 nitrogen and oxygen atoms in total. The summed E-state index contributed by atoms with van der Waals surface area (Å²) in [5, 5.41) is 1.29. The number of hydrogen-bond acceptors (Lipinski definition) is 0. The molecule has 3 aliphatic carbocycles. The van der Waals surface area contributed by atoms with Crippen molar-refractivity contribution in [2.75, 3.05) is 0 Å². The van der Waals surface area contributed by atoms with E-state index in [1.54, 1.807) is 5.56 Å². The van der Waals surface area contributed by atoms with Crippen molar-refractivity contribution in [3.8, 4) is 0 Å². The monoisotopic (exact) mass is 459 g/mol. The third kappa shape index (κ3) is 4.38. The van der Waals surface area contributed by atoms with E-state index >= 15 is 0 Å². The zero-order valence-corrected chi connectivity index (χ0v) is 21.0. The number of benzene rings is 2. The highest BCUT2D eigenvalue weighted by Crippen LogP contribution is 2.39. The van der Waals surface area contributed by atoms with Gasteiger partial charge in [0.15, 0.2) is 0 Å². The fourth-order valence-corrected chi connectivity index (χ4v) is 6.61. The van der Waals surface area contributed by atoms with E-state index in [1.165, 1.54) is 113 Å². The Bertz CT molecular complexity index is 1350. The van der Waals surface area contributed by atoms with Crippen molar-refractivity contribution >= 4 is 27.6 Å². The molecule has 1 saturated carbocycles. The average molecular weight is 460 g/mol. The average Bonchev–Trinajstić information content (AvgIpc) is 3.54. The SMILES string of the molecule is C=C(CC1=CCC=C1c1cc2cc(C(=C)C3CCCCC3)ccc2[nH]1)c1cccc2c1CCCC2. The fourth-order valence-electron chi connectivity index (χ4n) is 6.61. The Morgan fingerprint density at radius 3 is 2.63 bits per heavy atom. The van der Waals surface area contributed by atoms with Gasteiger partial charge in [-0.3, -0.25) is 0 Å². The Labute approximate surface area is 210 Å². The topological polar surface area (TPSA) is 15.8 Å². The maximum atomic E-state index is 4.55. The van der Waals surface area contributed by atoms with Gasteiger partial charge in [-0.15, -0.1) is 0 Å². The lowest BCUT2D eigenvalue weighted by atomic mass is 9.81. The van der Waals surface area contributed by atoms with Crippen molar-refractivity contribution in [2.45, 2.75) is 70.6 Å². The van der Waals surface area contributed by atoms with E-state index in [9.17, 15) is 0 Å². The zero-order chi connectivity index (χ0) is 23.8. The lowest BCUT2D eigenvalue weighted by Crippen LogP contribution is -2.07. The molecule has 3 aliphatic rings. The summed E-state index contributed by atoms with van der Waals surface area (Å²) >= 11 is 0. The first-order valence-corrected chi connectivity index (χ1v) is 13.7. The molecule has 0 atom stereocenters. The standard InChI is InChI=1S/C34H37N/c1-23(30-16-8-13-26-12-6-7-15-31(26)30)20-28-14-9-17-32(28)34-22-29-21-27(18-19-33(29)35-34)24(2)25-10-4-3-5-11-25/h8,13-14,16-19,21-22,25,35H,1-7,9-12,15,20H2. The van der Waals surface area contributed by atoms with Gasteiger partial charge in [0.25, 0.3) is 0 Å². The van der Waals surface area contributed by atoms with Gasteiger partial charge >= 0.3 is 0 Å². The molecule has 2 aromatic carbocycles. The molecule has 0 saturated heterocycles. The second kappa shape index (κ2) is 9.53. The van der Waals surface area contributed by atoms with Crippen molar-refractivity contribution in [1.29, 1.82) is 0 Å². The van der Waals surface area contributed by atoms with Gasteiger partial charge in [0, 0.05) is 16.6 Å². The number of rotatable bonds is 6. The first-order chi connectivity index (χ1) is 17.2. The largest absolute Gasteiger partial charge is 0.355 e. The molecule has 0 unspecified atom stereocenters. The van der Waals surface area contributed by atoms with E-state index in [2.05, 4.69) is 72.8 Å². The van der Waals surface area contributed by atoms with Gasteiger partial charge in [-0.1, -0.05) is 68.8 Å². The van der Waals surface area contributed by atoms with Crippen LogP contribution in [0.4, 0.5) is 0 Å². The van der Waals surface area contributed by atoms with E-state index in [1.807, 2.05) is 0 Å². The van der Waals surface area contributed by atoms with Crippen LogP contribution >= 0.6 is 0 Å². The van der Waals surface area contributed by atoms with E-state index < -0.39 is 0 Å². The molecule has 1 N–H and O–H groups in total. The molecule has 35 heavy (non-hydrogen) atoms. The van der Waals surface area contributed by atoms with Gasteiger partial charge in [-0.25, -0.2) is 0 Å². The first kappa shape index (κ1) is 22.4. The van der Waals surface area contributed by atoms with Gasteiger partial charge in [0.2, 0.25) is 0 Å². The summed E-state index contributed by atoms with van der Waals surface area (Å²) in [4.78, 5) is 3.71. The van der Waals surface area contributed by atoms with Crippen molar-refractivity contribution in [2.24, 2.45) is 5.92 Å². The molecule has 3 aromatic rings. The quantitative estimate of drug-likeness (QED) is 0.378. The van der Waals surface area contributed by atoms with E-state index in [0.29, 0.717) is 5.92 Å². The highest BCUT2D eigenvalue weighted by atomic mass is 14.7. The molecule has 0 bridgehead atoms. The molecule has 0 spiro atoms. The second-order valence-electron chi connectivity index (χ2n) is 10.9. The third-order valence-corrected chi connectivity index (χ3v) is 8.59. The summed E-state index contributed by atoms with van der Waals surface area (Å²) in [5.41, 5.74) is 13.6. The normalized spacial score (nSPS) is 18.3. The van der Waals surface area contributed by atoms with Crippen LogP contribution in [0.15, 0.2) is 73.3 Å². The summed E-state index contributed by atoms with van der Waals surface area (Å²) in [6.45, 7) is 9.06. The van der Waals surface area contributed by atoms with Crippen molar-refractivity contribution < 1.29 is 0 Å². The number of nitrogens with one attached hydrogen (secondary N) is 1. The summed E-state index contributed by atoms with van der Waals surface area (Å²) in [6.07, 6.45) is 18.4. The maximum Gasteiger partial charge on any atom is 0.0464 e. The van der Waals surface area contributed by atoms with Gasteiger partial charge < -0.3 is 4.98 Å². The minimum absolute atomic E-state index is 0.654. The summed E-state index contributed by atoms with van der Waals surface area (Å²) in [6, 6.07) is 16.0. The van der Waals surface area contributed by atoms with Crippen LogP contribution in [-0.4, -0.2) is 4.98 Å². The van der Waals surface area contributed by atoms with Crippen LogP contribution in [0, 0.1) is 5.92 Å². The zero-order valence-electron chi connectivity index (χ0n) is 21.0. The van der Waals surface area contributed by atoms with Crippen LogP contribution < -0.4 is 0 Å². The number of hydrogen-bond donors (Lipinski definition) is 1. The molecule has 0 aliphatic heterocycles. The molecule has 1 heterocycles. The maximum absolute atomic E-state index is 4.55. The highest BCUT2D eigenvalue weighted by molar-refractivity contribution is 5.92. The van der Waals surface area contributed by atoms with E-state index in [-0.39, 0.29) is 0 Å². The van der Waals surface area contributed by atoms with Crippen LogP contribution in [0.5, 0.6) is 0 Å². The number of aromatic nitrogens is 1. The molecular weight excluding hydrogens is 422 g/mol. The lowest BCUT2D eigenvalue weighted by molar-refractivity contribution is 0.430. The number of allylic oxidation sites excluding steroid dienone is 6. The van der Waals surface area contributed by atoms with Crippen LogP contribution in [-0.2, 0) is 12.8 Å². The van der Waals surface area contributed by atoms with Crippen molar-refractivity contribution in [3.63, 3.8) is 0 Å². The predicted molar refractivity (Wildman–Crippen MR) is 151 cm³/mol. The molecule has 1 fully saturated rings. The molecule has 178 valence electrons. The number of H-pyrrole nitrogens is 1. The Balaban J connectivity index is 1.22. The van der Waals surface area contributed by atoms with Gasteiger partial charge in [0.1, 0.15) is 0 Å². The Morgan fingerprint density at radius 2 is 1.74 bits per heavy atom. The number of aryl methyl sites for hydroxylation is 1. The Hall–Kier alpha value is -3.06. The summed E-state index contributed by atoms with van der Waals surface area (Å²) < 4.78 is 0. The van der Waals surface area contributed by atoms with Crippen LogP contribution in [0.1, 0.15) is 85.7 Å². The van der Waals surface area contributed by atoms with E-state index in [0.717, 1.165) is 12.8 Å². The number of aromatic amines is 1. The van der Waals surface area contributed by atoms with Crippen molar-refractivity contribution in [1.82, 2.24) is 4.98 Å². The molecular formula is C34H37N. The van der Waals surface area contributed by atoms with Gasteiger partial charge in [-0.05, 0) is 120 Å². The van der Waals surface area contributed by atoms with Gasteiger partial charge in [0.05, 0.1) is 0 Å². The van der Waals surface area contributed by atoms with Crippen LogP contribution in [0.2, 0.25) is 0 Å². The van der Waals surface area contributed by atoms with Crippen LogP contribution in [0.3, 0.4) is 0 Å². The summed E-state index contributed by atoms with van der Waals surface area (Å²) in [5.74, 6) is 0.654. The molecule has 1 aromatic heterocycles. The first-order valence-electron chi connectivity index (χ1n) is 13.7. The molecule has 1 heteroatoms. The predicted octanol–water partition coefficient (Wildman–Crippen LogP) is 9.46. The highest BCUT2D eigenvalue weighted by Gasteiger charge is 2.20. The molecule has 0 radical (unpaired) electrons. The Kier molecular flexibility index (Phi) is 6.10. The molecule has 6 rings (SSSR count). The van der Waals surface area contributed by atoms with Crippen molar-refractivity contribution in [3.05, 3.63) is 101 Å².